The molecule has 0 bridgehead atoms. The second-order valence-electron chi connectivity index (χ2n) is 6.46. The van der Waals surface area contributed by atoms with E-state index < -0.39 is 6.10 Å². The van der Waals surface area contributed by atoms with Gasteiger partial charge in [-0.25, -0.2) is 4.98 Å². The highest BCUT2D eigenvalue weighted by molar-refractivity contribution is 5.94. The van der Waals surface area contributed by atoms with Crippen LogP contribution in [0.25, 0.3) is 33.5 Å². The highest BCUT2D eigenvalue weighted by atomic mass is 16.5. The predicted octanol–water partition coefficient (Wildman–Crippen LogP) is 3.01. The number of hydrogen-bond acceptors (Lipinski definition) is 5. The van der Waals surface area contributed by atoms with Gasteiger partial charge < -0.3 is 19.5 Å². The molecule has 7 nitrogen and oxygen atoms in total. The molecule has 0 radical (unpaired) electrons. The number of H-pyrrole nitrogens is 1. The van der Waals surface area contributed by atoms with Crippen molar-refractivity contribution >= 4 is 16.9 Å². The molecule has 7 heteroatoms. The van der Waals surface area contributed by atoms with Gasteiger partial charge in [-0.15, -0.1) is 0 Å². The minimum absolute atomic E-state index is 0.362. The molecule has 4 rings (SSSR count). The zero-order valence-electron chi connectivity index (χ0n) is 14.9. The maximum Gasteiger partial charge on any atom is 0.255 e. The standard InChI is InChI=1S/C20H18N4O3/c1-24(2)20(26)18(25)13-5-3-4-12(8-13)14-9-15-16(17-6-7-23-27-17)11-22-19(15)21-10-14/h3-11,18,25H,1-2H3,(H,21,22). The molecule has 0 aliphatic heterocycles. The van der Waals surface area contributed by atoms with Crippen molar-refractivity contribution in [2.75, 3.05) is 14.1 Å². The molecule has 0 saturated heterocycles. The third-order valence-electron chi connectivity index (χ3n) is 4.44. The molecule has 1 atom stereocenters. The number of aromatic amines is 1. The van der Waals surface area contributed by atoms with Crippen LogP contribution in [0, 0.1) is 0 Å². The molecule has 136 valence electrons. The van der Waals surface area contributed by atoms with Crippen molar-refractivity contribution in [3.05, 3.63) is 60.6 Å². The van der Waals surface area contributed by atoms with Crippen LogP contribution in [0.2, 0.25) is 0 Å². The highest BCUT2D eigenvalue weighted by Gasteiger charge is 2.19. The second kappa shape index (κ2) is 6.69. The number of hydrogen-bond donors (Lipinski definition) is 2. The summed E-state index contributed by atoms with van der Waals surface area (Å²) in [5.74, 6) is 0.292. The van der Waals surface area contributed by atoms with Crippen LogP contribution in [0.4, 0.5) is 0 Å². The average Bonchev–Trinajstić information content (AvgIpc) is 3.35. The summed E-state index contributed by atoms with van der Waals surface area (Å²) in [7, 11) is 3.23. The number of carbonyl (C=O) groups is 1. The number of nitrogens with zero attached hydrogens (tertiary/aromatic N) is 3. The van der Waals surface area contributed by atoms with Gasteiger partial charge in [0.15, 0.2) is 11.9 Å². The number of nitrogens with one attached hydrogen (secondary N) is 1. The average molecular weight is 362 g/mol. The van der Waals surface area contributed by atoms with Crippen molar-refractivity contribution in [3.63, 3.8) is 0 Å². The van der Waals surface area contributed by atoms with Gasteiger partial charge in [0.05, 0.1) is 6.20 Å². The SMILES string of the molecule is CN(C)C(=O)C(O)c1cccc(-c2cnc3[nH]cc(-c4ccno4)c3c2)c1. The normalized spacial score (nSPS) is 12.3. The highest BCUT2D eigenvalue weighted by Crippen LogP contribution is 2.31. The van der Waals surface area contributed by atoms with Crippen LogP contribution in [0.5, 0.6) is 0 Å². The molecule has 1 amide bonds. The lowest BCUT2D eigenvalue weighted by molar-refractivity contribution is -0.137. The Balaban J connectivity index is 1.75. The van der Waals surface area contributed by atoms with E-state index in [1.807, 2.05) is 24.4 Å². The van der Waals surface area contributed by atoms with Gasteiger partial charge in [0.25, 0.3) is 5.91 Å². The van der Waals surface area contributed by atoms with Crippen molar-refractivity contribution in [1.29, 1.82) is 0 Å². The van der Waals surface area contributed by atoms with E-state index in [9.17, 15) is 9.90 Å². The van der Waals surface area contributed by atoms with Gasteiger partial charge in [-0.1, -0.05) is 23.4 Å². The van der Waals surface area contributed by atoms with E-state index in [0.29, 0.717) is 11.3 Å². The van der Waals surface area contributed by atoms with Gasteiger partial charge in [-0.2, -0.15) is 0 Å². The summed E-state index contributed by atoms with van der Waals surface area (Å²) in [5, 5.41) is 15.0. The van der Waals surface area contributed by atoms with Crippen LogP contribution in [0.15, 0.2) is 59.5 Å². The van der Waals surface area contributed by atoms with E-state index in [-0.39, 0.29) is 5.91 Å². The van der Waals surface area contributed by atoms with Crippen LogP contribution >= 0.6 is 0 Å². The minimum Gasteiger partial charge on any atom is -0.378 e. The third kappa shape index (κ3) is 3.09. The van der Waals surface area contributed by atoms with E-state index in [0.717, 1.165) is 27.7 Å². The molecule has 0 spiro atoms. The minimum atomic E-state index is -1.20. The number of benzene rings is 1. The number of pyridine rings is 1. The Bertz CT molecular complexity index is 1100. The summed E-state index contributed by atoms with van der Waals surface area (Å²) in [6, 6.07) is 11.1. The Labute approximate surface area is 155 Å². The molecule has 0 aliphatic carbocycles. The maximum atomic E-state index is 12.1. The zero-order valence-corrected chi connectivity index (χ0v) is 14.9. The van der Waals surface area contributed by atoms with Crippen molar-refractivity contribution in [3.8, 4) is 22.5 Å². The van der Waals surface area contributed by atoms with E-state index in [2.05, 4.69) is 15.1 Å². The molecule has 4 aromatic rings. The molecule has 3 aromatic heterocycles. The Morgan fingerprint density at radius 1 is 1.22 bits per heavy atom. The molecule has 0 aliphatic rings. The molecule has 3 heterocycles. The largest absolute Gasteiger partial charge is 0.378 e. The molecule has 0 saturated carbocycles. The monoisotopic (exact) mass is 362 g/mol. The molecule has 0 fully saturated rings. The van der Waals surface area contributed by atoms with Crippen LogP contribution < -0.4 is 0 Å². The molecule has 27 heavy (non-hydrogen) atoms. The van der Waals surface area contributed by atoms with Crippen LogP contribution in [0.1, 0.15) is 11.7 Å². The van der Waals surface area contributed by atoms with Gasteiger partial charge in [0.1, 0.15) is 5.65 Å². The Morgan fingerprint density at radius 3 is 2.81 bits per heavy atom. The van der Waals surface area contributed by atoms with Gasteiger partial charge >= 0.3 is 0 Å². The van der Waals surface area contributed by atoms with Gasteiger partial charge in [0, 0.05) is 49.1 Å². The smallest absolute Gasteiger partial charge is 0.255 e. The van der Waals surface area contributed by atoms with Gasteiger partial charge in [-0.3, -0.25) is 4.79 Å². The molecule has 2 N–H and O–H groups in total. The van der Waals surface area contributed by atoms with E-state index >= 15 is 0 Å². The van der Waals surface area contributed by atoms with Gasteiger partial charge in [-0.05, 0) is 23.3 Å². The summed E-state index contributed by atoms with van der Waals surface area (Å²) < 4.78 is 5.26. The van der Waals surface area contributed by atoms with E-state index in [1.165, 1.54) is 4.90 Å². The molecular weight excluding hydrogens is 344 g/mol. The Kier molecular flexibility index (Phi) is 4.21. The Hall–Kier alpha value is -3.45. The number of amides is 1. The fourth-order valence-corrected chi connectivity index (χ4v) is 3.00. The van der Waals surface area contributed by atoms with Crippen molar-refractivity contribution in [1.82, 2.24) is 20.0 Å². The first kappa shape index (κ1) is 17.0. The van der Waals surface area contributed by atoms with E-state index in [1.54, 1.807) is 44.7 Å². The number of fused-ring (bicyclic) bond motifs is 1. The topological polar surface area (TPSA) is 95.2 Å². The molecule has 1 unspecified atom stereocenters. The Morgan fingerprint density at radius 2 is 2.07 bits per heavy atom. The molecular formula is C20H18N4O3. The number of likely N-dealkylation sites (N-methyl/N-ethyl adjacent to an activating group) is 1. The first-order chi connectivity index (χ1) is 13.0. The lowest BCUT2D eigenvalue weighted by atomic mass is 10.00. The number of carbonyl (C=O) groups excluding carboxylic acids is 1. The van der Waals surface area contributed by atoms with Crippen LogP contribution in [-0.4, -0.2) is 45.1 Å². The molecule has 1 aromatic carbocycles. The lowest BCUT2D eigenvalue weighted by Crippen LogP contribution is -2.28. The van der Waals surface area contributed by atoms with Crippen molar-refractivity contribution in [2.24, 2.45) is 0 Å². The van der Waals surface area contributed by atoms with E-state index in [4.69, 9.17) is 4.52 Å². The number of aliphatic hydroxyl groups excluding tert-OH is 1. The summed E-state index contributed by atoms with van der Waals surface area (Å²) in [6.45, 7) is 0. The first-order valence-electron chi connectivity index (χ1n) is 8.42. The summed E-state index contributed by atoms with van der Waals surface area (Å²) in [5.41, 5.74) is 3.88. The number of aromatic nitrogens is 3. The van der Waals surface area contributed by atoms with Crippen LogP contribution in [0.3, 0.4) is 0 Å². The summed E-state index contributed by atoms with van der Waals surface area (Å²) >= 11 is 0. The number of aliphatic hydroxyl groups is 1. The fraction of sp³-hybridized carbons (Fsp3) is 0.150. The predicted molar refractivity (Wildman–Crippen MR) is 101 cm³/mol. The quantitative estimate of drug-likeness (QED) is 0.582. The lowest BCUT2D eigenvalue weighted by Gasteiger charge is -2.16. The third-order valence-corrected chi connectivity index (χ3v) is 4.44. The maximum absolute atomic E-state index is 12.1. The fourth-order valence-electron chi connectivity index (χ4n) is 3.00. The van der Waals surface area contributed by atoms with Crippen molar-refractivity contribution < 1.29 is 14.4 Å². The summed E-state index contributed by atoms with van der Waals surface area (Å²) in [6.07, 6.45) is 3.98. The second-order valence-corrected chi connectivity index (χ2v) is 6.46. The summed E-state index contributed by atoms with van der Waals surface area (Å²) in [4.78, 5) is 21.0. The van der Waals surface area contributed by atoms with Crippen molar-refractivity contribution in [2.45, 2.75) is 6.10 Å². The first-order valence-corrected chi connectivity index (χ1v) is 8.42. The van der Waals surface area contributed by atoms with Gasteiger partial charge in [0.2, 0.25) is 0 Å². The number of rotatable bonds is 4. The van der Waals surface area contributed by atoms with Crippen LogP contribution in [-0.2, 0) is 4.79 Å². The zero-order chi connectivity index (χ0) is 19.0.